The number of fused-ring (bicyclic) bond motifs is 1. The predicted molar refractivity (Wildman–Crippen MR) is 126 cm³/mol. The number of amides is 2. The Morgan fingerprint density at radius 1 is 1.03 bits per heavy atom. The van der Waals surface area contributed by atoms with Crippen LogP contribution in [0.4, 0.5) is 15.6 Å². The molecule has 5 rings (SSSR count). The minimum absolute atomic E-state index is 0.148. The Bertz CT molecular complexity index is 1040. The quantitative estimate of drug-likeness (QED) is 0.483. The summed E-state index contributed by atoms with van der Waals surface area (Å²) < 4.78 is 5.98. The SMILES string of the molecule is O=C(Nc1ncc(Oc2ccc(C3CCCCC3)cc2)s1)N1CCCc2ccccc21. The second-order valence-corrected chi connectivity index (χ2v) is 9.30. The summed E-state index contributed by atoms with van der Waals surface area (Å²) in [6.07, 6.45) is 10.3. The van der Waals surface area contributed by atoms with E-state index in [2.05, 4.69) is 28.5 Å². The van der Waals surface area contributed by atoms with Gasteiger partial charge in [0, 0.05) is 12.2 Å². The van der Waals surface area contributed by atoms with Gasteiger partial charge in [-0.1, -0.05) is 60.9 Å². The van der Waals surface area contributed by atoms with E-state index in [1.54, 1.807) is 11.1 Å². The van der Waals surface area contributed by atoms with E-state index in [1.165, 1.54) is 54.6 Å². The Morgan fingerprint density at radius 3 is 2.68 bits per heavy atom. The van der Waals surface area contributed by atoms with Gasteiger partial charge in [-0.25, -0.2) is 9.78 Å². The van der Waals surface area contributed by atoms with Crippen molar-refractivity contribution in [2.24, 2.45) is 0 Å². The van der Waals surface area contributed by atoms with Gasteiger partial charge in [0.15, 0.2) is 5.13 Å². The number of carbonyl (C=O) groups excluding carboxylic acids is 1. The number of nitrogens with one attached hydrogen (secondary N) is 1. The minimum atomic E-state index is -0.148. The van der Waals surface area contributed by atoms with Gasteiger partial charge in [0.25, 0.3) is 0 Å². The topological polar surface area (TPSA) is 54.5 Å². The van der Waals surface area contributed by atoms with Gasteiger partial charge >= 0.3 is 6.03 Å². The van der Waals surface area contributed by atoms with Crippen LogP contribution in [0, 0.1) is 0 Å². The molecule has 160 valence electrons. The first kappa shape index (κ1) is 20.1. The lowest BCUT2D eigenvalue weighted by Gasteiger charge is -2.29. The van der Waals surface area contributed by atoms with Crippen LogP contribution in [0.15, 0.2) is 54.7 Å². The van der Waals surface area contributed by atoms with Crippen LogP contribution in [0.1, 0.15) is 55.6 Å². The molecule has 0 spiro atoms. The Balaban J connectivity index is 1.21. The third-order valence-electron chi connectivity index (χ3n) is 6.23. The highest BCUT2D eigenvalue weighted by atomic mass is 32.1. The molecule has 2 aromatic carbocycles. The van der Waals surface area contributed by atoms with E-state index in [0.29, 0.717) is 22.7 Å². The van der Waals surface area contributed by atoms with Gasteiger partial charge in [-0.2, -0.15) is 0 Å². The van der Waals surface area contributed by atoms with Crippen molar-refractivity contribution in [1.82, 2.24) is 4.98 Å². The number of ether oxygens (including phenoxy) is 1. The summed E-state index contributed by atoms with van der Waals surface area (Å²) in [5.41, 5.74) is 3.60. The molecule has 31 heavy (non-hydrogen) atoms. The van der Waals surface area contributed by atoms with Gasteiger partial charge in [0.2, 0.25) is 5.06 Å². The molecule has 5 nitrogen and oxygen atoms in total. The molecule has 1 saturated carbocycles. The monoisotopic (exact) mass is 433 g/mol. The summed E-state index contributed by atoms with van der Waals surface area (Å²) in [5.74, 6) is 1.49. The van der Waals surface area contributed by atoms with Gasteiger partial charge in [0.05, 0.1) is 6.20 Å². The molecule has 1 aliphatic heterocycles. The number of aromatic nitrogens is 1. The minimum Gasteiger partial charge on any atom is -0.445 e. The highest BCUT2D eigenvalue weighted by Gasteiger charge is 2.23. The van der Waals surface area contributed by atoms with Crippen LogP contribution in [0.25, 0.3) is 0 Å². The number of urea groups is 1. The predicted octanol–water partition coefficient (Wildman–Crippen LogP) is 6.97. The van der Waals surface area contributed by atoms with E-state index in [4.69, 9.17) is 4.74 Å². The van der Waals surface area contributed by atoms with Crippen molar-refractivity contribution in [3.8, 4) is 10.8 Å². The van der Waals surface area contributed by atoms with Crippen molar-refractivity contribution in [2.75, 3.05) is 16.8 Å². The average molecular weight is 434 g/mol. The Morgan fingerprint density at radius 2 is 1.84 bits per heavy atom. The van der Waals surface area contributed by atoms with Crippen molar-refractivity contribution in [1.29, 1.82) is 0 Å². The molecule has 0 bridgehead atoms. The van der Waals surface area contributed by atoms with E-state index in [1.807, 2.05) is 30.3 Å². The molecule has 1 aromatic heterocycles. The van der Waals surface area contributed by atoms with Gasteiger partial charge in [0.1, 0.15) is 5.75 Å². The zero-order valence-corrected chi connectivity index (χ0v) is 18.4. The number of carbonyl (C=O) groups is 1. The van der Waals surface area contributed by atoms with Crippen molar-refractivity contribution >= 4 is 28.2 Å². The maximum atomic E-state index is 12.8. The van der Waals surface area contributed by atoms with Gasteiger partial charge in [-0.05, 0) is 60.9 Å². The highest BCUT2D eigenvalue weighted by molar-refractivity contribution is 7.17. The number of nitrogens with zero attached hydrogens (tertiary/aromatic N) is 2. The first-order valence-corrected chi connectivity index (χ1v) is 12.0. The second kappa shape index (κ2) is 9.10. The first-order chi connectivity index (χ1) is 15.3. The Kier molecular flexibility index (Phi) is 5.89. The van der Waals surface area contributed by atoms with Gasteiger partial charge in [-0.3, -0.25) is 10.2 Å². The molecule has 0 atom stereocenters. The third-order valence-corrected chi connectivity index (χ3v) is 7.02. The summed E-state index contributed by atoms with van der Waals surface area (Å²) in [5, 5.41) is 4.14. The number of thiazole rings is 1. The molecule has 1 aliphatic carbocycles. The molecular weight excluding hydrogens is 406 g/mol. The fourth-order valence-corrected chi connectivity index (χ4v) is 5.31. The molecule has 2 aliphatic rings. The number of para-hydroxylation sites is 1. The zero-order valence-electron chi connectivity index (χ0n) is 17.5. The van der Waals surface area contributed by atoms with E-state index in [9.17, 15) is 4.79 Å². The largest absolute Gasteiger partial charge is 0.445 e. The highest BCUT2D eigenvalue weighted by Crippen LogP contribution is 2.35. The molecule has 6 heteroatoms. The summed E-state index contributed by atoms with van der Waals surface area (Å²) in [4.78, 5) is 19.0. The molecule has 0 saturated heterocycles. The molecule has 2 heterocycles. The molecule has 0 radical (unpaired) electrons. The number of anilines is 2. The summed E-state index contributed by atoms with van der Waals surface area (Å²) in [6, 6.07) is 16.4. The van der Waals surface area contributed by atoms with E-state index in [-0.39, 0.29) is 6.03 Å². The maximum absolute atomic E-state index is 12.8. The molecule has 1 fully saturated rings. The molecule has 1 N–H and O–H groups in total. The molecule has 3 aromatic rings. The standard InChI is InChI=1S/C25H27N3O2S/c29-25(28-16-6-10-20-9-4-5-11-22(20)28)27-24-26-17-23(31-24)30-21-14-12-19(13-15-21)18-7-2-1-3-8-18/h4-5,9,11-15,17-18H,1-3,6-8,10,16H2,(H,26,27,29). The number of hydrogen-bond donors (Lipinski definition) is 1. The van der Waals surface area contributed by atoms with Crippen molar-refractivity contribution in [2.45, 2.75) is 50.9 Å². The fourth-order valence-electron chi connectivity index (χ4n) is 4.63. The van der Waals surface area contributed by atoms with Crippen molar-refractivity contribution < 1.29 is 9.53 Å². The van der Waals surface area contributed by atoms with Crippen molar-refractivity contribution in [3.63, 3.8) is 0 Å². The van der Waals surface area contributed by atoms with Crippen LogP contribution in [-0.4, -0.2) is 17.6 Å². The second-order valence-electron chi connectivity index (χ2n) is 8.30. The van der Waals surface area contributed by atoms with Crippen LogP contribution in [0.3, 0.4) is 0 Å². The van der Waals surface area contributed by atoms with Crippen molar-refractivity contribution in [3.05, 3.63) is 65.9 Å². The van der Waals surface area contributed by atoms with Crippen LogP contribution >= 0.6 is 11.3 Å². The normalized spacial score (nSPS) is 16.6. The van der Waals surface area contributed by atoms with E-state index >= 15 is 0 Å². The number of aryl methyl sites for hydroxylation is 1. The Hall–Kier alpha value is -2.86. The number of benzene rings is 2. The van der Waals surface area contributed by atoms with Crippen LogP contribution in [0.5, 0.6) is 10.8 Å². The number of hydrogen-bond acceptors (Lipinski definition) is 4. The summed E-state index contributed by atoms with van der Waals surface area (Å²) >= 11 is 1.34. The first-order valence-electron chi connectivity index (χ1n) is 11.2. The van der Waals surface area contributed by atoms with Crippen LogP contribution < -0.4 is 15.0 Å². The van der Waals surface area contributed by atoms with Gasteiger partial charge < -0.3 is 4.74 Å². The molecule has 2 amide bonds. The fraction of sp³-hybridized carbons (Fsp3) is 0.360. The van der Waals surface area contributed by atoms with E-state index < -0.39 is 0 Å². The lowest BCUT2D eigenvalue weighted by molar-refractivity contribution is 0.256. The average Bonchev–Trinajstić information content (AvgIpc) is 3.26. The third kappa shape index (κ3) is 4.59. The molecule has 0 unspecified atom stereocenters. The Labute approximate surface area is 187 Å². The maximum Gasteiger partial charge on any atom is 0.328 e. The van der Waals surface area contributed by atoms with Crippen LogP contribution in [-0.2, 0) is 6.42 Å². The lowest BCUT2D eigenvalue weighted by atomic mass is 9.84. The smallest absolute Gasteiger partial charge is 0.328 e. The van der Waals surface area contributed by atoms with Gasteiger partial charge in [-0.15, -0.1) is 0 Å². The van der Waals surface area contributed by atoms with Crippen LogP contribution in [0.2, 0.25) is 0 Å². The number of rotatable bonds is 4. The summed E-state index contributed by atoms with van der Waals surface area (Å²) in [7, 11) is 0. The molecular formula is C25H27N3O2S. The lowest BCUT2D eigenvalue weighted by Crippen LogP contribution is -2.38. The summed E-state index contributed by atoms with van der Waals surface area (Å²) in [6.45, 7) is 0.713. The zero-order chi connectivity index (χ0) is 21.0. The van der Waals surface area contributed by atoms with E-state index in [0.717, 1.165) is 24.3 Å².